The predicted molar refractivity (Wildman–Crippen MR) is 118 cm³/mol. The highest BCUT2D eigenvalue weighted by Gasteiger charge is 2.35. The lowest BCUT2D eigenvalue weighted by Crippen LogP contribution is -2.18. The van der Waals surface area contributed by atoms with Crippen LogP contribution in [0.15, 0.2) is 72.8 Å². The normalized spacial score (nSPS) is 14.4. The molecule has 26 heavy (non-hydrogen) atoms. The third kappa shape index (κ3) is 2.16. The van der Waals surface area contributed by atoms with Crippen molar-refractivity contribution >= 4 is 51.7 Å². The van der Waals surface area contributed by atoms with Crippen LogP contribution in [0.2, 0.25) is 0 Å². The van der Waals surface area contributed by atoms with E-state index in [1.165, 1.54) is 44.0 Å². The maximum atomic E-state index is 6.93. The molecule has 4 aromatic rings. The van der Waals surface area contributed by atoms with Gasteiger partial charge in [-0.25, -0.2) is 9.34 Å². The molecule has 0 fully saturated rings. The van der Waals surface area contributed by atoms with Crippen molar-refractivity contribution in [2.45, 2.75) is 0 Å². The van der Waals surface area contributed by atoms with Gasteiger partial charge in [0.1, 0.15) is 11.2 Å². The van der Waals surface area contributed by atoms with Crippen LogP contribution in [0.5, 0.6) is 0 Å². The first-order valence-electron chi connectivity index (χ1n) is 8.70. The molecule has 0 unspecified atom stereocenters. The number of anilines is 2. The molecule has 0 aromatic heterocycles. The van der Waals surface area contributed by atoms with E-state index < -0.39 is 7.58 Å². The molecule has 0 saturated carbocycles. The number of nitrogens with zero attached hydrogens (tertiary/aromatic N) is 2. The summed E-state index contributed by atoms with van der Waals surface area (Å²) in [5.41, 5.74) is 4.97. The second-order valence-corrected chi connectivity index (χ2v) is 9.64. The van der Waals surface area contributed by atoms with E-state index in [1.54, 1.807) is 0 Å². The predicted octanol–water partition coefficient (Wildman–Crippen LogP) is 6.74. The van der Waals surface area contributed by atoms with Gasteiger partial charge in [-0.1, -0.05) is 60.7 Å². The molecule has 2 nitrogen and oxygen atoms in total. The van der Waals surface area contributed by atoms with Crippen LogP contribution in [0.25, 0.3) is 32.7 Å². The van der Waals surface area contributed by atoms with E-state index in [4.69, 9.17) is 11.2 Å². The van der Waals surface area contributed by atoms with E-state index in [0.29, 0.717) is 0 Å². The van der Waals surface area contributed by atoms with Gasteiger partial charge in [0.2, 0.25) is 0 Å². The van der Waals surface area contributed by atoms with Crippen LogP contribution in [0.1, 0.15) is 0 Å². The highest BCUT2D eigenvalue weighted by molar-refractivity contribution is 7.86. The number of rotatable bonds is 0. The number of benzene rings is 4. The van der Waals surface area contributed by atoms with Crippen molar-refractivity contribution < 1.29 is 0 Å². The highest BCUT2D eigenvalue weighted by atomic mass is 35.7. The van der Waals surface area contributed by atoms with Crippen LogP contribution in [-0.2, 0) is 0 Å². The van der Waals surface area contributed by atoms with Gasteiger partial charge >= 0.3 is 0 Å². The maximum Gasteiger partial charge on any atom is 0.284 e. The minimum Gasteiger partial charge on any atom is -0.217 e. The van der Waals surface area contributed by atoms with Crippen molar-refractivity contribution in [3.63, 3.8) is 0 Å². The van der Waals surface area contributed by atoms with Crippen molar-refractivity contribution in [3.05, 3.63) is 72.8 Å². The standard InChI is InChI=1S/C22H18ClN2P/c1-24-19-13-11-15-7-3-5-9-17(15)21(19)22-18-10-6-4-8-16(18)12-14-20(22)25(2)26(24)23/h3-14H,1-2H3/p+1. The van der Waals surface area contributed by atoms with Gasteiger partial charge in [-0.2, -0.15) is 0 Å². The minimum atomic E-state index is -1.40. The lowest BCUT2D eigenvalue weighted by molar-refractivity contribution is 1.30. The molecule has 1 heterocycles. The first-order chi connectivity index (χ1) is 12.7. The summed E-state index contributed by atoms with van der Waals surface area (Å²) >= 11 is 6.93. The fourth-order valence-electron chi connectivity index (χ4n) is 4.03. The van der Waals surface area contributed by atoms with Gasteiger partial charge in [-0.15, -0.1) is 0 Å². The van der Waals surface area contributed by atoms with Gasteiger partial charge in [0.05, 0.1) is 11.4 Å². The van der Waals surface area contributed by atoms with Crippen LogP contribution in [0.3, 0.4) is 0 Å². The molecular formula is C22H19ClN2P+. The number of hydrogen-bond donors (Lipinski definition) is 0. The second-order valence-electron chi connectivity index (χ2n) is 6.75. The number of halogens is 1. The molecule has 0 radical (unpaired) electrons. The molecule has 0 bridgehead atoms. The molecule has 128 valence electrons. The molecule has 0 saturated heterocycles. The Morgan fingerprint density at radius 1 is 0.615 bits per heavy atom. The summed E-state index contributed by atoms with van der Waals surface area (Å²) in [5.74, 6) is 0. The van der Waals surface area contributed by atoms with Gasteiger partial charge in [0, 0.05) is 25.2 Å². The Kier molecular flexibility index (Phi) is 3.60. The van der Waals surface area contributed by atoms with E-state index in [1.807, 2.05) is 0 Å². The Balaban J connectivity index is 2.03. The zero-order valence-corrected chi connectivity index (χ0v) is 16.5. The SMILES string of the molecule is CN1c2ccc3ccccc3c2-c2c(ccc3ccccc23)N(C)[PH+]1Cl. The minimum absolute atomic E-state index is 1.20. The Morgan fingerprint density at radius 3 is 1.50 bits per heavy atom. The average Bonchev–Trinajstić information content (AvgIpc) is 2.77. The topological polar surface area (TPSA) is 6.48 Å². The monoisotopic (exact) mass is 377 g/mol. The van der Waals surface area contributed by atoms with Crippen molar-refractivity contribution in [1.29, 1.82) is 0 Å². The molecule has 0 spiro atoms. The molecule has 0 aliphatic carbocycles. The van der Waals surface area contributed by atoms with Crippen LogP contribution in [0, 0.1) is 0 Å². The Labute approximate surface area is 159 Å². The van der Waals surface area contributed by atoms with Crippen LogP contribution in [0.4, 0.5) is 11.4 Å². The van der Waals surface area contributed by atoms with E-state index in [9.17, 15) is 0 Å². The van der Waals surface area contributed by atoms with Gasteiger partial charge in [0.15, 0.2) is 0 Å². The summed E-state index contributed by atoms with van der Waals surface area (Å²) in [4.78, 5) is 0. The van der Waals surface area contributed by atoms with Crippen LogP contribution < -0.4 is 9.34 Å². The molecular weight excluding hydrogens is 359 g/mol. The summed E-state index contributed by atoms with van der Waals surface area (Å²) in [6, 6.07) is 26.1. The Bertz CT molecular complexity index is 1070. The maximum absolute atomic E-state index is 6.93. The highest BCUT2D eigenvalue weighted by Crippen LogP contribution is 2.60. The van der Waals surface area contributed by atoms with Crippen LogP contribution >= 0.6 is 18.8 Å². The van der Waals surface area contributed by atoms with Gasteiger partial charge in [-0.3, -0.25) is 0 Å². The Hall–Kier alpha value is -2.28. The summed E-state index contributed by atoms with van der Waals surface area (Å²) in [6.07, 6.45) is 0. The molecule has 4 heteroatoms. The van der Waals surface area contributed by atoms with E-state index in [0.717, 1.165) is 0 Å². The zero-order chi connectivity index (χ0) is 17.8. The summed E-state index contributed by atoms with van der Waals surface area (Å²) in [7, 11) is 2.82. The van der Waals surface area contributed by atoms with Crippen molar-refractivity contribution in [3.8, 4) is 11.1 Å². The fraction of sp³-hybridized carbons (Fsp3) is 0.0909. The third-order valence-electron chi connectivity index (χ3n) is 5.34. The molecule has 1 aliphatic rings. The fourth-order valence-corrected chi connectivity index (χ4v) is 5.79. The van der Waals surface area contributed by atoms with E-state index in [2.05, 4.69) is 96.2 Å². The van der Waals surface area contributed by atoms with Gasteiger partial charge in [-0.05, 0) is 33.7 Å². The first-order valence-corrected chi connectivity index (χ1v) is 11.1. The Morgan fingerprint density at radius 2 is 1.04 bits per heavy atom. The number of fused-ring (bicyclic) bond motifs is 7. The molecule has 0 amide bonds. The van der Waals surface area contributed by atoms with Crippen molar-refractivity contribution in [1.82, 2.24) is 0 Å². The average molecular weight is 378 g/mol. The van der Waals surface area contributed by atoms with Gasteiger partial charge in [0.25, 0.3) is 7.58 Å². The van der Waals surface area contributed by atoms with E-state index >= 15 is 0 Å². The van der Waals surface area contributed by atoms with E-state index in [-0.39, 0.29) is 0 Å². The van der Waals surface area contributed by atoms with Crippen molar-refractivity contribution in [2.75, 3.05) is 23.4 Å². The quantitative estimate of drug-likeness (QED) is 0.313. The van der Waals surface area contributed by atoms with Crippen LogP contribution in [-0.4, -0.2) is 14.1 Å². The number of hydrogen-bond acceptors (Lipinski definition) is 2. The lowest BCUT2D eigenvalue weighted by atomic mass is 9.91. The molecule has 0 N–H and O–H groups in total. The molecule has 0 atom stereocenters. The lowest BCUT2D eigenvalue weighted by Gasteiger charge is -2.22. The second kappa shape index (κ2) is 5.87. The van der Waals surface area contributed by atoms with Crippen molar-refractivity contribution in [2.24, 2.45) is 0 Å². The largest absolute Gasteiger partial charge is 0.284 e. The smallest absolute Gasteiger partial charge is 0.217 e. The summed E-state index contributed by atoms with van der Waals surface area (Å²) in [5, 5.41) is 5.06. The summed E-state index contributed by atoms with van der Waals surface area (Å²) in [6.45, 7) is 0. The molecule has 1 aliphatic heterocycles. The van der Waals surface area contributed by atoms with Gasteiger partial charge < -0.3 is 0 Å². The third-order valence-corrected chi connectivity index (χ3v) is 8.45. The molecule has 5 rings (SSSR count). The first kappa shape index (κ1) is 15.9. The summed E-state index contributed by atoms with van der Waals surface area (Å²) < 4.78 is 4.51. The zero-order valence-electron chi connectivity index (χ0n) is 14.7. The molecule has 4 aromatic carbocycles.